The minimum Gasteiger partial charge on any atom is -0.477 e. The molecule has 0 saturated heterocycles. The number of carbonyl (C=O) groups is 1. The predicted molar refractivity (Wildman–Crippen MR) is 63.4 cm³/mol. The van der Waals surface area contributed by atoms with Crippen LogP contribution in [0.5, 0.6) is 0 Å². The molecule has 0 bridgehead atoms. The first kappa shape index (κ1) is 11.8. The van der Waals surface area contributed by atoms with Crippen LogP contribution in [0.25, 0.3) is 5.69 Å². The first-order valence-electron chi connectivity index (χ1n) is 4.50. The van der Waals surface area contributed by atoms with Gasteiger partial charge in [0, 0.05) is 11.2 Å². The molecule has 2 rings (SSSR count). The van der Waals surface area contributed by atoms with E-state index in [4.69, 9.17) is 28.3 Å². The number of halogens is 2. The van der Waals surface area contributed by atoms with E-state index in [1.54, 1.807) is 6.07 Å². The monoisotopic (exact) mass is 272 g/mol. The van der Waals surface area contributed by atoms with Crippen LogP contribution in [0.1, 0.15) is 10.4 Å². The zero-order valence-electron chi connectivity index (χ0n) is 8.28. The Morgan fingerprint density at radius 3 is 2.65 bits per heavy atom. The number of aromatic nitrogens is 2. The highest BCUT2D eigenvalue weighted by molar-refractivity contribution is 6.34. The molecule has 0 spiro atoms. The smallest absolute Gasteiger partial charge is 0.342 e. The first-order valence-corrected chi connectivity index (χ1v) is 5.25. The number of nitrogens with zero attached hydrogens (tertiary/aromatic N) is 1. The third-order valence-electron chi connectivity index (χ3n) is 2.15. The quantitative estimate of drug-likeness (QED) is 0.880. The van der Waals surface area contributed by atoms with Crippen LogP contribution in [0.4, 0.5) is 0 Å². The van der Waals surface area contributed by atoms with E-state index < -0.39 is 11.5 Å². The first-order chi connectivity index (χ1) is 8.00. The molecule has 5 nitrogen and oxygen atoms in total. The van der Waals surface area contributed by atoms with Crippen LogP contribution < -0.4 is 5.56 Å². The van der Waals surface area contributed by atoms with Crippen molar-refractivity contribution in [1.29, 1.82) is 0 Å². The highest BCUT2D eigenvalue weighted by atomic mass is 35.5. The summed E-state index contributed by atoms with van der Waals surface area (Å²) >= 11 is 11.7. The summed E-state index contributed by atoms with van der Waals surface area (Å²) in [5.41, 5.74) is -0.751. The second kappa shape index (κ2) is 4.27. The number of benzene rings is 1. The van der Waals surface area contributed by atoms with E-state index in [1.165, 1.54) is 12.1 Å². The molecule has 0 aliphatic heterocycles. The molecule has 1 aromatic carbocycles. The fraction of sp³-hybridized carbons (Fsp3) is 0. The zero-order chi connectivity index (χ0) is 12.6. The van der Waals surface area contributed by atoms with Crippen LogP contribution in [0, 0.1) is 0 Å². The number of nitrogens with one attached hydrogen (secondary N) is 1. The standard InChI is InChI=1S/C10H6Cl2N2O3/c11-5-1-2-7(12)8(3-5)14-9(15)6(4-13-14)10(16)17/h1-4,13H,(H,16,17). The molecule has 0 saturated carbocycles. The van der Waals surface area contributed by atoms with Crippen molar-refractivity contribution in [2.45, 2.75) is 0 Å². The molecule has 0 radical (unpaired) electrons. The van der Waals surface area contributed by atoms with Gasteiger partial charge in [-0.3, -0.25) is 9.89 Å². The van der Waals surface area contributed by atoms with E-state index in [1.807, 2.05) is 0 Å². The summed E-state index contributed by atoms with van der Waals surface area (Å²) in [7, 11) is 0. The molecular formula is C10H6Cl2N2O3. The Balaban J connectivity index is 2.65. The molecule has 1 aromatic heterocycles. The van der Waals surface area contributed by atoms with Crippen molar-refractivity contribution in [3.8, 4) is 5.69 Å². The maximum absolute atomic E-state index is 11.7. The van der Waals surface area contributed by atoms with Gasteiger partial charge in [-0.05, 0) is 18.2 Å². The fourth-order valence-corrected chi connectivity index (χ4v) is 1.73. The molecule has 0 unspecified atom stereocenters. The summed E-state index contributed by atoms with van der Waals surface area (Å²) in [6.07, 6.45) is 1.10. The van der Waals surface area contributed by atoms with Crippen LogP contribution in [0.2, 0.25) is 10.0 Å². The van der Waals surface area contributed by atoms with Gasteiger partial charge in [-0.2, -0.15) is 0 Å². The van der Waals surface area contributed by atoms with Gasteiger partial charge in [-0.1, -0.05) is 23.2 Å². The summed E-state index contributed by atoms with van der Waals surface area (Å²) < 4.78 is 1.03. The lowest BCUT2D eigenvalue weighted by atomic mass is 10.3. The SMILES string of the molecule is O=C(O)c1c[nH]n(-c2cc(Cl)ccc2Cl)c1=O. The Morgan fingerprint density at radius 2 is 2.06 bits per heavy atom. The van der Waals surface area contributed by atoms with Crippen LogP contribution in [-0.4, -0.2) is 20.9 Å². The molecule has 88 valence electrons. The average molecular weight is 273 g/mol. The van der Waals surface area contributed by atoms with Crippen molar-refractivity contribution in [2.24, 2.45) is 0 Å². The maximum atomic E-state index is 11.7. The number of aromatic carboxylic acids is 1. The predicted octanol–water partition coefficient (Wildman–Crippen LogP) is 2.17. The summed E-state index contributed by atoms with van der Waals surface area (Å²) in [6, 6.07) is 4.56. The highest BCUT2D eigenvalue weighted by Crippen LogP contribution is 2.22. The molecule has 0 aliphatic carbocycles. The fourth-order valence-electron chi connectivity index (χ4n) is 1.36. The molecule has 0 fully saturated rings. The van der Waals surface area contributed by atoms with Gasteiger partial charge < -0.3 is 5.11 Å². The van der Waals surface area contributed by atoms with Crippen molar-refractivity contribution >= 4 is 29.2 Å². The van der Waals surface area contributed by atoms with Gasteiger partial charge in [0.15, 0.2) is 0 Å². The number of hydrogen-bond acceptors (Lipinski definition) is 2. The minimum atomic E-state index is -1.30. The van der Waals surface area contributed by atoms with E-state index in [0.717, 1.165) is 10.9 Å². The number of hydrogen-bond donors (Lipinski definition) is 2. The van der Waals surface area contributed by atoms with Crippen molar-refractivity contribution in [3.63, 3.8) is 0 Å². The average Bonchev–Trinajstić information content (AvgIpc) is 2.64. The molecule has 17 heavy (non-hydrogen) atoms. The molecule has 2 N–H and O–H groups in total. The molecule has 7 heteroatoms. The van der Waals surface area contributed by atoms with Gasteiger partial charge >= 0.3 is 5.97 Å². The molecule has 1 heterocycles. The summed E-state index contributed by atoms with van der Waals surface area (Å²) in [5.74, 6) is -1.30. The molecule has 0 amide bonds. The molecule has 2 aromatic rings. The Kier molecular flexibility index (Phi) is 2.95. The minimum absolute atomic E-state index is 0.287. The van der Waals surface area contributed by atoms with Crippen molar-refractivity contribution in [3.05, 3.63) is 50.4 Å². The van der Waals surface area contributed by atoms with Crippen LogP contribution >= 0.6 is 23.2 Å². The Bertz CT molecular complexity index is 645. The second-order valence-corrected chi connectivity index (χ2v) is 4.07. The van der Waals surface area contributed by atoms with E-state index in [2.05, 4.69) is 5.10 Å². The normalized spacial score (nSPS) is 10.5. The van der Waals surface area contributed by atoms with E-state index in [0.29, 0.717) is 10.7 Å². The maximum Gasteiger partial charge on any atom is 0.342 e. The number of rotatable bonds is 2. The van der Waals surface area contributed by atoms with Gasteiger partial charge in [0.05, 0.1) is 10.7 Å². The summed E-state index contributed by atoms with van der Waals surface area (Å²) in [4.78, 5) is 22.4. The topological polar surface area (TPSA) is 75.1 Å². The number of H-pyrrole nitrogens is 1. The zero-order valence-corrected chi connectivity index (χ0v) is 9.79. The Hall–Kier alpha value is -1.72. The van der Waals surface area contributed by atoms with Crippen molar-refractivity contribution in [2.75, 3.05) is 0 Å². The van der Waals surface area contributed by atoms with Crippen LogP contribution in [0.3, 0.4) is 0 Å². The number of carboxylic acids is 1. The van der Waals surface area contributed by atoms with Gasteiger partial charge in [0.25, 0.3) is 5.56 Å². The van der Waals surface area contributed by atoms with Crippen molar-refractivity contribution < 1.29 is 9.90 Å². The van der Waals surface area contributed by atoms with Gasteiger partial charge in [-0.15, -0.1) is 0 Å². The molecule has 0 aliphatic rings. The van der Waals surface area contributed by atoms with E-state index >= 15 is 0 Å². The van der Waals surface area contributed by atoms with Crippen molar-refractivity contribution in [1.82, 2.24) is 9.78 Å². The summed E-state index contributed by atoms with van der Waals surface area (Å²) in [5, 5.41) is 12.0. The number of aromatic amines is 1. The lowest BCUT2D eigenvalue weighted by molar-refractivity contribution is 0.0695. The lowest BCUT2D eigenvalue weighted by Crippen LogP contribution is -2.20. The Morgan fingerprint density at radius 1 is 1.35 bits per heavy atom. The van der Waals surface area contributed by atoms with Gasteiger partial charge in [-0.25, -0.2) is 9.48 Å². The molecular weight excluding hydrogens is 267 g/mol. The van der Waals surface area contributed by atoms with Crippen LogP contribution in [-0.2, 0) is 0 Å². The third kappa shape index (κ3) is 2.07. The third-order valence-corrected chi connectivity index (χ3v) is 2.71. The van der Waals surface area contributed by atoms with E-state index in [9.17, 15) is 9.59 Å². The lowest BCUT2D eigenvalue weighted by Gasteiger charge is -2.04. The Labute approximate surface area is 105 Å². The van der Waals surface area contributed by atoms with E-state index in [-0.39, 0.29) is 10.6 Å². The number of carboxylic acid groups (broad SMARTS) is 1. The molecule has 0 atom stereocenters. The largest absolute Gasteiger partial charge is 0.477 e. The van der Waals surface area contributed by atoms with Gasteiger partial charge in [0.2, 0.25) is 0 Å². The highest BCUT2D eigenvalue weighted by Gasteiger charge is 2.15. The van der Waals surface area contributed by atoms with Crippen LogP contribution in [0.15, 0.2) is 29.2 Å². The summed E-state index contributed by atoms with van der Waals surface area (Å²) in [6.45, 7) is 0. The van der Waals surface area contributed by atoms with Gasteiger partial charge in [0.1, 0.15) is 5.56 Å². The second-order valence-electron chi connectivity index (χ2n) is 3.23.